The van der Waals surface area contributed by atoms with Crippen LogP contribution in [-0.4, -0.2) is 73.8 Å². The molecule has 16 heteroatoms. The first-order chi connectivity index (χ1) is 23.7. The van der Waals surface area contributed by atoms with Crippen molar-refractivity contribution in [1.29, 1.82) is 0 Å². The van der Waals surface area contributed by atoms with Crippen LogP contribution in [0.2, 0.25) is 0 Å². The van der Waals surface area contributed by atoms with Crippen LogP contribution in [0.25, 0.3) is 27.5 Å². The number of carboxylic acid groups (broad SMARTS) is 1. The Balaban J connectivity index is 1.34. The summed E-state index contributed by atoms with van der Waals surface area (Å²) in [5, 5.41) is 12.6. The quantitative estimate of drug-likeness (QED) is 0.233. The summed E-state index contributed by atoms with van der Waals surface area (Å²) in [5.74, 6) is -7.60. The second kappa shape index (κ2) is 13.0. The number of amides is 1. The van der Waals surface area contributed by atoms with E-state index in [4.69, 9.17) is 4.74 Å². The number of carboxylic acids is 1. The molecule has 4 heterocycles. The summed E-state index contributed by atoms with van der Waals surface area (Å²) >= 11 is 0. The smallest absolute Gasteiger partial charge is 0.335 e. The molecule has 0 spiro atoms. The summed E-state index contributed by atoms with van der Waals surface area (Å²) in [6.07, 6.45) is 3.18. The number of ether oxygens (including phenoxy) is 1. The van der Waals surface area contributed by atoms with Gasteiger partial charge in [0.05, 0.1) is 47.1 Å². The van der Waals surface area contributed by atoms with Crippen LogP contribution in [-0.2, 0) is 23.0 Å². The van der Waals surface area contributed by atoms with Crippen molar-refractivity contribution >= 4 is 39.4 Å². The highest BCUT2D eigenvalue weighted by Gasteiger charge is 2.41. The summed E-state index contributed by atoms with van der Waals surface area (Å²) in [4.78, 5) is 62.0. The fourth-order valence-corrected chi connectivity index (χ4v) is 6.27. The summed E-state index contributed by atoms with van der Waals surface area (Å²) in [6.45, 7) is 2.04. The van der Waals surface area contributed by atoms with Gasteiger partial charge in [-0.2, -0.15) is 0 Å². The summed E-state index contributed by atoms with van der Waals surface area (Å²) in [5.41, 5.74) is -1.22. The third-order valence-corrected chi connectivity index (χ3v) is 8.77. The van der Waals surface area contributed by atoms with Gasteiger partial charge in [0.2, 0.25) is 0 Å². The van der Waals surface area contributed by atoms with Crippen LogP contribution in [0.15, 0.2) is 64.6 Å². The molecule has 2 atom stereocenters. The average molecular weight is 695 g/mol. The number of anilines is 1. The third-order valence-electron chi connectivity index (χ3n) is 8.77. The Morgan fingerprint density at radius 1 is 1.12 bits per heavy atom. The number of hydrogen-bond acceptors (Lipinski definition) is 8. The Kier molecular flexibility index (Phi) is 8.90. The number of hydrogen-bond donors (Lipinski definition) is 2. The van der Waals surface area contributed by atoms with Crippen LogP contribution in [0.3, 0.4) is 0 Å². The highest BCUT2D eigenvalue weighted by Crippen LogP contribution is 2.32. The average Bonchev–Trinajstić information content (AvgIpc) is 3.07. The minimum Gasteiger partial charge on any atom is -0.480 e. The lowest BCUT2D eigenvalue weighted by atomic mass is 9.98. The number of alkyl halides is 2. The van der Waals surface area contributed by atoms with Crippen molar-refractivity contribution in [3.05, 3.63) is 104 Å². The number of aromatic nitrogens is 4. The van der Waals surface area contributed by atoms with E-state index in [1.54, 1.807) is 0 Å². The molecule has 1 fully saturated rings. The van der Waals surface area contributed by atoms with E-state index in [0.29, 0.717) is 5.52 Å². The predicted molar refractivity (Wildman–Crippen MR) is 174 cm³/mol. The number of rotatable bonds is 8. The number of morpholine rings is 1. The van der Waals surface area contributed by atoms with Crippen molar-refractivity contribution < 1.29 is 37.0 Å². The highest BCUT2D eigenvalue weighted by molar-refractivity contribution is 5.99. The lowest BCUT2D eigenvalue weighted by Gasteiger charge is -2.40. The standard InChI is InChI=1S/C34H30F4N6O6/c1-17-10-20(43-8-9-50-16-27(43)34(2,37)38)13-23(36)28(17)30(45)41-24(32(47)48)11-18-4-5-26(29-21(18)12-19(35)14-40-29)44-31(46)22-15-39-7-6-25(22)42(3)33(44)49/h4-7,10,12-15,24,27H,8-9,11,16H2,1-3H3,(H,41,45)(H,47,48)/t24-,27+/m0/s1. The first kappa shape index (κ1) is 34.2. The summed E-state index contributed by atoms with van der Waals surface area (Å²) in [7, 11) is 1.46. The number of benzene rings is 2. The summed E-state index contributed by atoms with van der Waals surface area (Å²) < 4.78 is 66.0. The molecular weight excluding hydrogens is 664 g/mol. The molecule has 2 aromatic carbocycles. The maximum atomic E-state index is 15.5. The number of aliphatic carboxylic acids is 1. The van der Waals surface area contributed by atoms with Crippen molar-refractivity contribution in [1.82, 2.24) is 24.4 Å². The van der Waals surface area contributed by atoms with Crippen molar-refractivity contribution in [3.8, 4) is 5.69 Å². The van der Waals surface area contributed by atoms with Crippen LogP contribution < -0.4 is 21.5 Å². The van der Waals surface area contributed by atoms with Crippen LogP contribution in [0.4, 0.5) is 23.2 Å². The van der Waals surface area contributed by atoms with E-state index in [0.717, 1.165) is 29.8 Å². The van der Waals surface area contributed by atoms with E-state index in [1.165, 1.54) is 60.1 Å². The van der Waals surface area contributed by atoms with Gasteiger partial charge >= 0.3 is 11.7 Å². The van der Waals surface area contributed by atoms with Crippen molar-refractivity contribution in [2.24, 2.45) is 7.05 Å². The molecule has 1 aliphatic rings. The predicted octanol–water partition coefficient (Wildman–Crippen LogP) is 3.51. The van der Waals surface area contributed by atoms with Crippen molar-refractivity contribution in [2.45, 2.75) is 38.3 Å². The largest absolute Gasteiger partial charge is 0.480 e. The minimum atomic E-state index is -3.17. The fraction of sp³-hybridized carbons (Fsp3) is 0.294. The van der Waals surface area contributed by atoms with E-state index >= 15 is 4.39 Å². The first-order valence-electron chi connectivity index (χ1n) is 15.4. The van der Waals surface area contributed by atoms with Gasteiger partial charge in [0, 0.05) is 50.4 Å². The monoisotopic (exact) mass is 694 g/mol. The number of aryl methyl sites for hydroxylation is 2. The number of nitrogens with one attached hydrogen (secondary N) is 1. The number of carbonyl (C=O) groups excluding carboxylic acids is 1. The Bertz CT molecular complexity index is 2280. The number of pyridine rings is 2. The zero-order chi connectivity index (χ0) is 36.1. The zero-order valence-corrected chi connectivity index (χ0v) is 26.9. The molecule has 260 valence electrons. The van der Waals surface area contributed by atoms with Crippen LogP contribution in [0.5, 0.6) is 0 Å². The molecule has 6 rings (SSSR count). The van der Waals surface area contributed by atoms with Gasteiger partial charge in [-0.05, 0) is 48.4 Å². The molecule has 2 N–H and O–H groups in total. The molecule has 5 aromatic rings. The van der Waals surface area contributed by atoms with E-state index < -0.39 is 64.8 Å². The molecule has 3 aromatic heterocycles. The summed E-state index contributed by atoms with van der Waals surface area (Å²) in [6, 6.07) is 4.58. The molecule has 0 unspecified atom stereocenters. The van der Waals surface area contributed by atoms with Gasteiger partial charge in [0.1, 0.15) is 23.7 Å². The first-order valence-corrected chi connectivity index (χ1v) is 15.4. The van der Waals surface area contributed by atoms with E-state index in [1.807, 2.05) is 0 Å². The zero-order valence-electron chi connectivity index (χ0n) is 26.9. The van der Waals surface area contributed by atoms with Crippen molar-refractivity contribution in [2.75, 3.05) is 24.7 Å². The molecule has 0 aliphatic carbocycles. The van der Waals surface area contributed by atoms with E-state index in [2.05, 4.69) is 15.3 Å². The lowest BCUT2D eigenvalue weighted by Crippen LogP contribution is -2.54. The molecule has 12 nitrogen and oxygen atoms in total. The Labute approximate surface area is 280 Å². The molecule has 0 bridgehead atoms. The lowest BCUT2D eigenvalue weighted by molar-refractivity contribution is -0.139. The molecule has 1 amide bonds. The van der Waals surface area contributed by atoms with Crippen molar-refractivity contribution in [3.63, 3.8) is 0 Å². The third kappa shape index (κ3) is 6.17. The number of carbonyl (C=O) groups is 2. The second-order valence-corrected chi connectivity index (χ2v) is 12.1. The molecule has 0 saturated carbocycles. The Morgan fingerprint density at radius 2 is 1.88 bits per heavy atom. The van der Waals surface area contributed by atoms with Gasteiger partial charge in [-0.3, -0.25) is 24.1 Å². The molecule has 1 aliphatic heterocycles. The van der Waals surface area contributed by atoms with Gasteiger partial charge in [-0.1, -0.05) is 6.07 Å². The van der Waals surface area contributed by atoms with Gasteiger partial charge in [-0.15, -0.1) is 0 Å². The number of halogens is 4. The maximum absolute atomic E-state index is 15.5. The number of nitrogens with zero attached hydrogens (tertiary/aromatic N) is 5. The highest BCUT2D eigenvalue weighted by atomic mass is 19.3. The SMILES string of the molecule is Cc1cc(N2CCOC[C@@H]2C(C)(F)F)cc(F)c1C(=O)N[C@@H](Cc1ccc(-n2c(=O)c3cnccc3n(C)c2=O)c2ncc(F)cc12)C(=O)O. The number of fused-ring (bicyclic) bond motifs is 2. The van der Waals surface area contributed by atoms with Gasteiger partial charge in [0.25, 0.3) is 17.4 Å². The van der Waals surface area contributed by atoms with E-state index in [9.17, 15) is 37.5 Å². The van der Waals surface area contributed by atoms with Gasteiger partial charge in [-0.25, -0.2) is 31.7 Å². The minimum absolute atomic E-state index is 0.00152. The van der Waals surface area contributed by atoms with Crippen LogP contribution in [0.1, 0.15) is 28.4 Å². The Morgan fingerprint density at radius 3 is 2.58 bits per heavy atom. The maximum Gasteiger partial charge on any atom is 0.335 e. The van der Waals surface area contributed by atoms with Gasteiger partial charge in [0.15, 0.2) is 0 Å². The Hall–Kier alpha value is -5.64. The van der Waals surface area contributed by atoms with Gasteiger partial charge < -0.3 is 20.1 Å². The van der Waals surface area contributed by atoms with E-state index in [-0.39, 0.29) is 58.5 Å². The normalized spacial score (nSPS) is 15.7. The molecule has 50 heavy (non-hydrogen) atoms. The van der Waals surface area contributed by atoms with Crippen LogP contribution >= 0.6 is 0 Å². The topological polar surface area (TPSA) is 149 Å². The van der Waals surface area contributed by atoms with Crippen LogP contribution in [0, 0.1) is 18.6 Å². The fourth-order valence-electron chi connectivity index (χ4n) is 6.27. The second-order valence-electron chi connectivity index (χ2n) is 12.1. The molecule has 0 radical (unpaired) electrons. The molecular formula is C34H30F4N6O6. The molecule has 1 saturated heterocycles.